The van der Waals surface area contributed by atoms with E-state index in [0.29, 0.717) is 23.9 Å². The third kappa shape index (κ3) is 3.13. The van der Waals surface area contributed by atoms with Gasteiger partial charge in [0.25, 0.3) is 0 Å². The van der Waals surface area contributed by atoms with Crippen LogP contribution in [0.1, 0.15) is 30.4 Å². The highest BCUT2D eigenvalue weighted by atomic mass is 16.2. The zero-order valence-electron chi connectivity index (χ0n) is 17.1. The lowest BCUT2D eigenvalue weighted by Crippen LogP contribution is -2.49. The van der Waals surface area contributed by atoms with Gasteiger partial charge in [0.05, 0.1) is 11.8 Å². The van der Waals surface area contributed by atoms with Crippen molar-refractivity contribution in [3.05, 3.63) is 65.7 Å². The Morgan fingerprint density at radius 3 is 2.30 bits per heavy atom. The van der Waals surface area contributed by atoms with Gasteiger partial charge < -0.3 is 5.32 Å². The van der Waals surface area contributed by atoms with Crippen LogP contribution in [-0.2, 0) is 20.8 Å². The van der Waals surface area contributed by atoms with Crippen LogP contribution in [0.15, 0.2) is 54.6 Å². The number of fused-ring (bicyclic) bond motifs is 5. The van der Waals surface area contributed by atoms with Crippen molar-refractivity contribution in [2.75, 3.05) is 5.32 Å². The van der Waals surface area contributed by atoms with E-state index in [9.17, 15) is 14.4 Å². The second-order valence-electron chi connectivity index (χ2n) is 9.00. The Bertz CT molecular complexity index is 974. The molecule has 2 aromatic carbocycles. The maximum atomic E-state index is 13.4. The highest BCUT2D eigenvalue weighted by Crippen LogP contribution is 2.56. The zero-order chi connectivity index (χ0) is 20.8. The second-order valence-corrected chi connectivity index (χ2v) is 9.00. The molecule has 30 heavy (non-hydrogen) atoms. The minimum Gasteiger partial charge on any atom is -0.324 e. The molecule has 0 radical (unpaired) electrons. The molecule has 0 aromatic heterocycles. The molecule has 1 aliphatic heterocycles. The summed E-state index contributed by atoms with van der Waals surface area (Å²) in [7, 11) is 0. The number of carbonyl (C=O) groups excluding carboxylic acids is 3. The number of nitrogens with zero attached hydrogens (tertiary/aromatic N) is 1. The third-order valence-corrected chi connectivity index (χ3v) is 7.13. The molecule has 0 unspecified atom stereocenters. The summed E-state index contributed by atoms with van der Waals surface area (Å²) in [5, 5.41) is 2.94. The number of hydrogen-bond acceptors (Lipinski definition) is 3. The molecule has 3 amide bonds. The van der Waals surface area contributed by atoms with E-state index < -0.39 is 6.04 Å². The van der Waals surface area contributed by atoms with Crippen molar-refractivity contribution in [3.8, 4) is 0 Å². The van der Waals surface area contributed by atoms with Crippen LogP contribution in [0.4, 0.5) is 5.69 Å². The topological polar surface area (TPSA) is 66.5 Å². The van der Waals surface area contributed by atoms with E-state index in [-0.39, 0.29) is 29.6 Å². The maximum absolute atomic E-state index is 13.4. The number of benzene rings is 2. The van der Waals surface area contributed by atoms with Gasteiger partial charge in [0.1, 0.15) is 6.04 Å². The van der Waals surface area contributed by atoms with Crippen LogP contribution < -0.4 is 5.32 Å². The summed E-state index contributed by atoms with van der Waals surface area (Å²) >= 11 is 0. The molecule has 2 aliphatic carbocycles. The predicted molar refractivity (Wildman–Crippen MR) is 113 cm³/mol. The first kappa shape index (κ1) is 19.0. The molecule has 2 saturated carbocycles. The lowest BCUT2D eigenvalue weighted by atomic mass is 9.81. The van der Waals surface area contributed by atoms with E-state index in [4.69, 9.17) is 0 Å². The molecule has 2 aromatic rings. The van der Waals surface area contributed by atoms with E-state index in [1.54, 1.807) is 0 Å². The van der Waals surface area contributed by atoms with Crippen LogP contribution in [-0.4, -0.2) is 28.7 Å². The minimum absolute atomic E-state index is 0.141. The van der Waals surface area contributed by atoms with Crippen molar-refractivity contribution < 1.29 is 14.4 Å². The van der Waals surface area contributed by atoms with Crippen molar-refractivity contribution >= 4 is 23.4 Å². The first-order valence-electron chi connectivity index (χ1n) is 10.8. The number of anilines is 1. The van der Waals surface area contributed by atoms with Gasteiger partial charge in [0.2, 0.25) is 17.7 Å². The SMILES string of the molecule is Cc1cccc(NC(=O)[C@@H](Cc2ccccc2)N2C(=O)[C@H]3[C@@H]4CC[C@@H](C4)[C@@H]3C2=O)c1. The summed E-state index contributed by atoms with van der Waals surface area (Å²) in [6, 6.07) is 16.3. The molecule has 154 valence electrons. The van der Waals surface area contributed by atoms with Gasteiger partial charge in [-0.05, 0) is 61.3 Å². The Morgan fingerprint density at radius 2 is 1.67 bits per heavy atom. The maximum Gasteiger partial charge on any atom is 0.248 e. The Kier molecular flexibility index (Phi) is 4.69. The Labute approximate surface area is 176 Å². The van der Waals surface area contributed by atoms with E-state index in [0.717, 1.165) is 30.4 Å². The fourth-order valence-electron chi connectivity index (χ4n) is 5.83. The average Bonchev–Trinajstić information content (AvgIpc) is 3.41. The van der Waals surface area contributed by atoms with Gasteiger partial charge in [-0.1, -0.05) is 42.5 Å². The third-order valence-electron chi connectivity index (χ3n) is 7.13. The highest BCUT2D eigenvalue weighted by molar-refractivity contribution is 6.10. The monoisotopic (exact) mass is 402 g/mol. The van der Waals surface area contributed by atoms with Crippen molar-refractivity contribution in [3.63, 3.8) is 0 Å². The molecule has 5 rings (SSSR count). The minimum atomic E-state index is -0.835. The molecule has 5 heteroatoms. The summed E-state index contributed by atoms with van der Waals surface area (Å²) in [6.45, 7) is 1.96. The van der Waals surface area contributed by atoms with Gasteiger partial charge in [0.15, 0.2) is 0 Å². The second kappa shape index (κ2) is 7.38. The van der Waals surface area contributed by atoms with Crippen molar-refractivity contribution in [1.29, 1.82) is 0 Å². The number of amides is 3. The van der Waals surface area contributed by atoms with Crippen molar-refractivity contribution in [1.82, 2.24) is 4.90 Å². The number of imide groups is 1. The fourth-order valence-corrected chi connectivity index (χ4v) is 5.83. The number of aryl methyl sites for hydroxylation is 1. The van der Waals surface area contributed by atoms with Crippen LogP contribution in [0.5, 0.6) is 0 Å². The van der Waals surface area contributed by atoms with E-state index in [2.05, 4.69) is 5.32 Å². The number of hydrogen-bond donors (Lipinski definition) is 1. The van der Waals surface area contributed by atoms with E-state index in [1.807, 2.05) is 61.5 Å². The normalized spacial score (nSPS) is 28.0. The molecule has 3 aliphatic rings. The first-order chi connectivity index (χ1) is 14.5. The van der Waals surface area contributed by atoms with Gasteiger partial charge in [-0.3, -0.25) is 19.3 Å². The number of rotatable bonds is 5. The van der Waals surface area contributed by atoms with Gasteiger partial charge >= 0.3 is 0 Å². The fraction of sp³-hybridized carbons (Fsp3) is 0.400. The molecule has 5 atom stereocenters. The zero-order valence-corrected chi connectivity index (χ0v) is 17.1. The molecule has 3 fully saturated rings. The first-order valence-corrected chi connectivity index (χ1v) is 10.8. The summed E-state index contributed by atoms with van der Waals surface area (Å²) < 4.78 is 0. The lowest BCUT2D eigenvalue weighted by Gasteiger charge is -2.27. The summed E-state index contributed by atoms with van der Waals surface area (Å²) in [5.41, 5.74) is 2.65. The van der Waals surface area contributed by atoms with Crippen LogP contribution in [0.3, 0.4) is 0 Å². The summed E-state index contributed by atoms with van der Waals surface area (Å²) in [4.78, 5) is 41.4. The van der Waals surface area contributed by atoms with Crippen LogP contribution in [0.25, 0.3) is 0 Å². The number of likely N-dealkylation sites (tertiary alicyclic amines) is 1. The molecule has 0 spiro atoms. The number of nitrogens with one attached hydrogen (secondary N) is 1. The summed E-state index contributed by atoms with van der Waals surface area (Å²) in [5.74, 6) is -0.423. The Hall–Kier alpha value is -2.95. The van der Waals surface area contributed by atoms with Crippen molar-refractivity contribution in [2.45, 2.75) is 38.6 Å². The highest BCUT2D eigenvalue weighted by Gasteiger charge is 2.62. The van der Waals surface area contributed by atoms with Crippen molar-refractivity contribution in [2.24, 2.45) is 23.7 Å². The molecule has 1 N–H and O–H groups in total. The number of carbonyl (C=O) groups is 3. The van der Waals surface area contributed by atoms with Crippen LogP contribution in [0, 0.1) is 30.6 Å². The Morgan fingerprint density at radius 1 is 1.00 bits per heavy atom. The van der Waals surface area contributed by atoms with Crippen LogP contribution >= 0.6 is 0 Å². The standard InChI is InChI=1S/C25H26N2O3/c1-15-6-5-9-19(12-15)26-23(28)20(13-16-7-3-2-4-8-16)27-24(29)21-17-10-11-18(14-17)22(21)25(27)30/h2-9,12,17-18,20-22H,10-11,13-14H2,1H3,(H,26,28)/t17-,18+,20-,21+,22+/m1/s1. The molecule has 5 nitrogen and oxygen atoms in total. The molecule has 2 bridgehead atoms. The largest absolute Gasteiger partial charge is 0.324 e. The molecular formula is C25H26N2O3. The smallest absolute Gasteiger partial charge is 0.248 e. The van der Waals surface area contributed by atoms with Gasteiger partial charge in [-0.15, -0.1) is 0 Å². The molecular weight excluding hydrogens is 376 g/mol. The van der Waals surface area contributed by atoms with E-state index >= 15 is 0 Å². The van der Waals surface area contributed by atoms with Gasteiger partial charge in [0, 0.05) is 12.1 Å². The molecule has 1 heterocycles. The lowest BCUT2D eigenvalue weighted by molar-refractivity contribution is -0.147. The van der Waals surface area contributed by atoms with Crippen LogP contribution in [0.2, 0.25) is 0 Å². The van der Waals surface area contributed by atoms with E-state index in [1.165, 1.54) is 4.90 Å². The van der Waals surface area contributed by atoms with Gasteiger partial charge in [-0.25, -0.2) is 0 Å². The predicted octanol–water partition coefficient (Wildman–Crippen LogP) is 3.58. The molecule has 1 saturated heterocycles. The van der Waals surface area contributed by atoms with Gasteiger partial charge in [-0.2, -0.15) is 0 Å². The quantitative estimate of drug-likeness (QED) is 0.778. The average molecular weight is 402 g/mol. The summed E-state index contributed by atoms with van der Waals surface area (Å²) in [6.07, 6.45) is 3.36. The Balaban J connectivity index is 1.46.